The minimum absolute atomic E-state index is 0.0655. The average Bonchev–Trinajstić information content (AvgIpc) is 3.27. The summed E-state index contributed by atoms with van der Waals surface area (Å²) in [7, 11) is 0. The minimum atomic E-state index is -0.0655. The molecule has 1 fully saturated rings. The molecule has 0 atom stereocenters. The molecule has 34 heavy (non-hydrogen) atoms. The molecule has 1 aliphatic heterocycles. The summed E-state index contributed by atoms with van der Waals surface area (Å²) in [6.07, 6.45) is 0. The van der Waals surface area contributed by atoms with Gasteiger partial charge >= 0.3 is 0 Å². The number of benzene rings is 3. The SMILES string of the molecule is Cc1onc(-c2ccccc2Cl)c1C(=O)N1CCN(C(c2ccccc2)c2ccccc2)CC1. The number of nitrogens with zero attached hydrogens (tertiary/aromatic N) is 3. The normalized spacial score (nSPS) is 14.5. The Morgan fingerprint density at radius 1 is 0.853 bits per heavy atom. The lowest BCUT2D eigenvalue weighted by Gasteiger charge is -2.39. The smallest absolute Gasteiger partial charge is 0.259 e. The molecule has 5 nitrogen and oxygen atoms in total. The van der Waals surface area contributed by atoms with Crippen molar-refractivity contribution in [3.8, 4) is 11.3 Å². The Bertz CT molecular complexity index is 1230. The molecule has 1 aliphatic rings. The lowest BCUT2D eigenvalue weighted by atomic mass is 9.96. The fourth-order valence-corrected chi connectivity index (χ4v) is 4.91. The summed E-state index contributed by atoms with van der Waals surface area (Å²) in [4.78, 5) is 17.9. The number of aromatic nitrogens is 1. The van der Waals surface area contributed by atoms with Gasteiger partial charge in [-0.15, -0.1) is 0 Å². The number of aryl methyl sites for hydroxylation is 1. The number of rotatable bonds is 5. The molecule has 2 heterocycles. The Hall–Kier alpha value is -3.41. The molecule has 0 spiro atoms. The molecule has 5 rings (SSSR count). The molecule has 4 aromatic rings. The maximum atomic E-state index is 13.6. The second kappa shape index (κ2) is 9.84. The first kappa shape index (κ1) is 22.4. The highest BCUT2D eigenvalue weighted by molar-refractivity contribution is 6.33. The highest BCUT2D eigenvalue weighted by Gasteiger charge is 2.32. The van der Waals surface area contributed by atoms with Crippen LogP contribution in [0.4, 0.5) is 0 Å². The molecule has 6 heteroatoms. The molecule has 1 aromatic heterocycles. The van der Waals surface area contributed by atoms with E-state index in [1.54, 1.807) is 13.0 Å². The van der Waals surface area contributed by atoms with Gasteiger partial charge < -0.3 is 9.42 Å². The van der Waals surface area contributed by atoms with Crippen molar-refractivity contribution >= 4 is 17.5 Å². The van der Waals surface area contributed by atoms with E-state index in [0.29, 0.717) is 40.7 Å². The molecule has 0 radical (unpaired) electrons. The molecular weight excluding hydrogens is 446 g/mol. The van der Waals surface area contributed by atoms with Crippen molar-refractivity contribution in [2.75, 3.05) is 26.2 Å². The van der Waals surface area contributed by atoms with Gasteiger partial charge in [-0.25, -0.2) is 0 Å². The number of carbonyl (C=O) groups is 1. The summed E-state index contributed by atoms with van der Waals surface area (Å²) >= 11 is 6.39. The second-order valence-electron chi connectivity index (χ2n) is 8.49. The van der Waals surface area contributed by atoms with Crippen molar-refractivity contribution in [1.82, 2.24) is 15.0 Å². The number of hydrogen-bond acceptors (Lipinski definition) is 4. The van der Waals surface area contributed by atoms with Crippen molar-refractivity contribution in [3.63, 3.8) is 0 Å². The standard InChI is InChI=1S/C28H26ClN3O2/c1-20-25(26(30-34-20)23-14-8-9-15-24(23)29)28(33)32-18-16-31(17-19-32)27(21-10-4-2-5-11-21)22-12-6-3-7-13-22/h2-15,27H,16-19H2,1H3. The van der Waals surface area contributed by atoms with Crippen LogP contribution in [-0.2, 0) is 0 Å². The highest BCUT2D eigenvalue weighted by Crippen LogP contribution is 2.33. The monoisotopic (exact) mass is 471 g/mol. The Labute approximate surface area is 204 Å². The molecule has 3 aromatic carbocycles. The minimum Gasteiger partial charge on any atom is -0.360 e. The van der Waals surface area contributed by atoms with Crippen LogP contribution >= 0.6 is 11.6 Å². The molecule has 0 aliphatic carbocycles. The molecule has 1 saturated heterocycles. The fraction of sp³-hybridized carbons (Fsp3) is 0.214. The van der Waals surface area contributed by atoms with Crippen molar-refractivity contribution in [2.45, 2.75) is 13.0 Å². The van der Waals surface area contributed by atoms with Gasteiger partial charge in [0.2, 0.25) is 0 Å². The summed E-state index contributed by atoms with van der Waals surface area (Å²) < 4.78 is 5.43. The van der Waals surface area contributed by atoms with Gasteiger partial charge in [-0.05, 0) is 24.1 Å². The van der Waals surface area contributed by atoms with Crippen LogP contribution in [0.5, 0.6) is 0 Å². The van der Waals surface area contributed by atoms with Crippen molar-refractivity contribution in [3.05, 3.63) is 112 Å². The maximum absolute atomic E-state index is 13.6. The third kappa shape index (κ3) is 4.37. The molecule has 0 N–H and O–H groups in total. The first-order valence-electron chi connectivity index (χ1n) is 11.5. The van der Waals surface area contributed by atoms with E-state index >= 15 is 0 Å². The van der Waals surface area contributed by atoms with E-state index in [4.69, 9.17) is 16.1 Å². The maximum Gasteiger partial charge on any atom is 0.259 e. The molecule has 0 saturated carbocycles. The Morgan fingerprint density at radius 2 is 1.41 bits per heavy atom. The van der Waals surface area contributed by atoms with Gasteiger partial charge in [-0.1, -0.05) is 95.6 Å². The van der Waals surface area contributed by atoms with Crippen LogP contribution in [-0.4, -0.2) is 47.0 Å². The zero-order valence-corrected chi connectivity index (χ0v) is 19.8. The van der Waals surface area contributed by atoms with Gasteiger partial charge in [0.25, 0.3) is 5.91 Å². The lowest BCUT2D eigenvalue weighted by Crippen LogP contribution is -2.50. The van der Waals surface area contributed by atoms with E-state index in [9.17, 15) is 4.79 Å². The quantitative estimate of drug-likeness (QED) is 0.366. The van der Waals surface area contributed by atoms with Gasteiger partial charge in [0.15, 0.2) is 0 Å². The Morgan fingerprint density at radius 3 is 2.00 bits per heavy atom. The van der Waals surface area contributed by atoms with Crippen LogP contribution < -0.4 is 0 Å². The molecule has 1 amide bonds. The van der Waals surface area contributed by atoms with E-state index in [0.717, 1.165) is 13.1 Å². The molecule has 0 bridgehead atoms. The number of amides is 1. The summed E-state index contributed by atoms with van der Waals surface area (Å²) in [5, 5.41) is 4.71. The zero-order valence-electron chi connectivity index (χ0n) is 19.0. The summed E-state index contributed by atoms with van der Waals surface area (Å²) in [6.45, 7) is 4.57. The Balaban J connectivity index is 1.37. The average molecular weight is 472 g/mol. The molecule has 0 unspecified atom stereocenters. The van der Waals surface area contributed by atoms with Crippen LogP contribution in [0.1, 0.15) is 33.3 Å². The van der Waals surface area contributed by atoms with Crippen LogP contribution in [0.15, 0.2) is 89.5 Å². The van der Waals surface area contributed by atoms with Crippen LogP contribution in [0.2, 0.25) is 5.02 Å². The third-order valence-corrected chi connectivity index (χ3v) is 6.73. The Kier molecular flexibility index (Phi) is 6.48. The van der Waals surface area contributed by atoms with Crippen molar-refractivity contribution in [2.24, 2.45) is 0 Å². The first-order valence-corrected chi connectivity index (χ1v) is 11.9. The topological polar surface area (TPSA) is 49.6 Å². The van der Waals surface area contributed by atoms with Crippen molar-refractivity contribution in [1.29, 1.82) is 0 Å². The van der Waals surface area contributed by atoms with Crippen LogP contribution in [0.3, 0.4) is 0 Å². The van der Waals surface area contributed by atoms with E-state index < -0.39 is 0 Å². The summed E-state index contributed by atoms with van der Waals surface area (Å²) in [5.74, 6) is 0.443. The van der Waals surface area contributed by atoms with Gasteiger partial charge in [0.1, 0.15) is 17.0 Å². The summed E-state index contributed by atoms with van der Waals surface area (Å²) in [5.41, 5.74) is 4.20. The molecular formula is C28H26ClN3O2. The van der Waals surface area contributed by atoms with Gasteiger partial charge in [-0.2, -0.15) is 0 Å². The fourth-order valence-electron chi connectivity index (χ4n) is 4.69. The number of hydrogen-bond donors (Lipinski definition) is 0. The molecule has 172 valence electrons. The predicted octanol–water partition coefficient (Wildman–Crippen LogP) is 5.85. The van der Waals surface area contributed by atoms with E-state index in [1.165, 1.54) is 11.1 Å². The van der Waals surface area contributed by atoms with Gasteiger partial charge in [0.05, 0.1) is 11.1 Å². The van der Waals surface area contributed by atoms with E-state index in [1.807, 2.05) is 35.2 Å². The van der Waals surface area contributed by atoms with Gasteiger partial charge in [-0.3, -0.25) is 9.69 Å². The largest absolute Gasteiger partial charge is 0.360 e. The highest BCUT2D eigenvalue weighted by atomic mass is 35.5. The third-order valence-electron chi connectivity index (χ3n) is 6.40. The number of piperazine rings is 1. The van der Waals surface area contributed by atoms with E-state index in [2.05, 4.69) is 58.6 Å². The predicted molar refractivity (Wildman–Crippen MR) is 134 cm³/mol. The second-order valence-corrected chi connectivity index (χ2v) is 8.90. The zero-order chi connectivity index (χ0) is 23.5. The van der Waals surface area contributed by atoms with Crippen molar-refractivity contribution < 1.29 is 9.32 Å². The van der Waals surface area contributed by atoms with Gasteiger partial charge in [0, 0.05) is 31.7 Å². The summed E-state index contributed by atoms with van der Waals surface area (Å²) in [6, 6.07) is 28.6. The lowest BCUT2D eigenvalue weighted by molar-refractivity contribution is 0.0596. The van der Waals surface area contributed by atoms with Crippen LogP contribution in [0, 0.1) is 6.92 Å². The number of carbonyl (C=O) groups excluding carboxylic acids is 1. The number of halogens is 1. The first-order chi connectivity index (χ1) is 16.6. The van der Waals surface area contributed by atoms with Crippen LogP contribution in [0.25, 0.3) is 11.3 Å². The van der Waals surface area contributed by atoms with E-state index in [-0.39, 0.29) is 11.9 Å².